The van der Waals surface area contributed by atoms with Gasteiger partial charge in [0.15, 0.2) is 5.84 Å². The van der Waals surface area contributed by atoms with Gasteiger partial charge in [-0.15, -0.1) is 11.6 Å². The molecule has 13 heavy (non-hydrogen) atoms. The minimum Gasteiger partial charge on any atom is -0.405 e. The van der Waals surface area contributed by atoms with Gasteiger partial charge in [0.25, 0.3) is 0 Å². The summed E-state index contributed by atoms with van der Waals surface area (Å²) in [6, 6.07) is 0. The number of amidine groups is 1. The van der Waals surface area contributed by atoms with Crippen LogP contribution in [0.1, 0.15) is 0 Å². The van der Waals surface area contributed by atoms with E-state index in [0.717, 1.165) is 11.9 Å². The molecule has 0 aliphatic rings. The van der Waals surface area contributed by atoms with Crippen molar-refractivity contribution in [3.8, 4) is 0 Å². The molecule has 72 valence electrons. The number of aliphatic imine (C=N–C) groups is 1. The lowest BCUT2D eigenvalue weighted by atomic mass is 10.4. The minimum absolute atomic E-state index is 0.346. The van der Waals surface area contributed by atoms with Crippen molar-refractivity contribution in [2.24, 2.45) is 20.9 Å². The molecule has 4 N–H and O–H groups in total. The molecule has 0 aliphatic carbocycles. The van der Waals surface area contributed by atoms with Crippen LogP contribution in [0.4, 0.5) is 0 Å². The van der Waals surface area contributed by atoms with Gasteiger partial charge in [0, 0.05) is 0 Å². The van der Waals surface area contributed by atoms with Gasteiger partial charge in [-0.25, -0.2) is 4.99 Å². The van der Waals surface area contributed by atoms with E-state index in [-0.39, 0.29) is 0 Å². The Kier molecular flexibility index (Phi) is 7.14. The lowest BCUT2D eigenvalue weighted by molar-refractivity contribution is 1.42. The number of halogens is 1. The van der Waals surface area contributed by atoms with Crippen LogP contribution >= 0.6 is 23.5 Å². The lowest BCUT2D eigenvalue weighted by Gasteiger charge is -1.97. The minimum atomic E-state index is 0.346. The van der Waals surface area contributed by atoms with Gasteiger partial charge in [-0.3, -0.25) is 0 Å². The molecule has 0 aromatic rings. The first-order valence-electron chi connectivity index (χ1n) is 3.33. The Hall–Kier alpha value is -0.940. The fourth-order valence-corrected chi connectivity index (χ4v) is 0.973. The van der Waals surface area contributed by atoms with Crippen molar-refractivity contribution in [2.75, 3.05) is 5.21 Å². The normalized spacial score (nSPS) is 13.6. The Morgan fingerprint density at radius 3 is 2.77 bits per heavy atom. The van der Waals surface area contributed by atoms with Crippen LogP contribution in [0.25, 0.3) is 0 Å². The van der Waals surface area contributed by atoms with Crippen LogP contribution < -0.4 is 11.5 Å². The van der Waals surface area contributed by atoms with Gasteiger partial charge in [0.2, 0.25) is 0 Å². The third-order valence-corrected chi connectivity index (χ3v) is 1.69. The molecule has 0 aromatic carbocycles. The van der Waals surface area contributed by atoms with Crippen molar-refractivity contribution >= 4 is 36.1 Å². The summed E-state index contributed by atoms with van der Waals surface area (Å²) >= 11 is 6.56. The van der Waals surface area contributed by atoms with Gasteiger partial charge < -0.3 is 11.5 Å². The van der Waals surface area contributed by atoms with E-state index in [0.29, 0.717) is 16.7 Å². The first-order chi connectivity index (χ1) is 6.26. The van der Waals surface area contributed by atoms with E-state index >= 15 is 0 Å². The molecule has 0 atom stereocenters. The molecule has 0 bridgehead atoms. The molecule has 0 spiro atoms. The van der Waals surface area contributed by atoms with Gasteiger partial charge in [0.1, 0.15) is 0 Å². The summed E-state index contributed by atoms with van der Waals surface area (Å²) in [5.41, 5.74) is 11.1. The maximum atomic E-state index is 5.59. The van der Waals surface area contributed by atoms with Crippen molar-refractivity contribution in [1.29, 1.82) is 0 Å². The SMILES string of the molecule is C=NC(=N\SCCl)/C(N)=C/C=C\N. The summed E-state index contributed by atoms with van der Waals surface area (Å²) in [6.45, 7) is 3.33. The van der Waals surface area contributed by atoms with Crippen LogP contribution in [0.2, 0.25) is 0 Å². The largest absolute Gasteiger partial charge is 0.405 e. The third kappa shape index (κ3) is 5.32. The number of hydrogen-bond donors (Lipinski definition) is 2. The Balaban J connectivity index is 4.47. The summed E-state index contributed by atoms with van der Waals surface area (Å²) in [4.78, 5) is 3.63. The zero-order chi connectivity index (χ0) is 10.1. The number of alkyl halides is 1. The highest BCUT2D eigenvalue weighted by atomic mass is 35.5. The van der Waals surface area contributed by atoms with E-state index in [9.17, 15) is 0 Å². The number of nitrogens with two attached hydrogens (primary N) is 2. The topological polar surface area (TPSA) is 76.8 Å². The molecule has 6 heteroatoms. The van der Waals surface area contributed by atoms with E-state index in [1.54, 1.807) is 12.2 Å². The molecule has 0 aromatic heterocycles. The van der Waals surface area contributed by atoms with Crippen molar-refractivity contribution in [2.45, 2.75) is 0 Å². The van der Waals surface area contributed by atoms with Crippen LogP contribution in [-0.4, -0.2) is 17.8 Å². The molecule has 4 nitrogen and oxygen atoms in total. The average molecular weight is 219 g/mol. The zero-order valence-electron chi connectivity index (χ0n) is 6.98. The number of rotatable bonds is 4. The lowest BCUT2D eigenvalue weighted by Crippen LogP contribution is -2.07. The van der Waals surface area contributed by atoms with Crippen LogP contribution in [-0.2, 0) is 0 Å². The monoisotopic (exact) mass is 218 g/mol. The molecule has 0 radical (unpaired) electrons. The Bertz CT molecular complexity index is 247. The first kappa shape index (κ1) is 12.1. The Labute approximate surface area is 86.6 Å². The fourth-order valence-electron chi connectivity index (χ4n) is 0.492. The average Bonchev–Trinajstić information content (AvgIpc) is 2.16. The molecule has 0 saturated carbocycles. The second kappa shape index (κ2) is 7.70. The molecule has 0 aliphatic heterocycles. The molecular weight excluding hydrogens is 208 g/mol. The molecular formula is C7H11ClN4S. The highest BCUT2D eigenvalue weighted by molar-refractivity contribution is 7.99. The highest BCUT2D eigenvalue weighted by Gasteiger charge is 1.97. The molecule has 0 fully saturated rings. The third-order valence-electron chi connectivity index (χ3n) is 0.995. The molecule has 0 saturated heterocycles. The second-order valence-electron chi connectivity index (χ2n) is 1.82. The maximum absolute atomic E-state index is 5.59. The highest BCUT2D eigenvalue weighted by Crippen LogP contribution is 2.07. The summed E-state index contributed by atoms with van der Waals surface area (Å²) < 4.78 is 3.92. The molecule has 0 rings (SSSR count). The molecule has 0 unspecified atom stereocenters. The zero-order valence-corrected chi connectivity index (χ0v) is 8.55. The summed E-state index contributed by atoms with van der Waals surface area (Å²) in [6.07, 6.45) is 4.53. The van der Waals surface area contributed by atoms with Crippen LogP contribution in [0.15, 0.2) is 33.4 Å². The van der Waals surface area contributed by atoms with E-state index < -0.39 is 0 Å². The second-order valence-corrected chi connectivity index (χ2v) is 3.13. The Morgan fingerprint density at radius 2 is 2.31 bits per heavy atom. The molecule has 0 amide bonds. The van der Waals surface area contributed by atoms with E-state index in [1.807, 2.05) is 0 Å². The van der Waals surface area contributed by atoms with Crippen LogP contribution in [0.3, 0.4) is 0 Å². The smallest absolute Gasteiger partial charge is 0.182 e. The van der Waals surface area contributed by atoms with E-state index in [1.165, 1.54) is 6.20 Å². The fraction of sp³-hybridized carbons (Fsp3) is 0.143. The first-order valence-corrected chi connectivity index (χ1v) is 4.81. The number of nitrogens with zero attached hydrogens (tertiary/aromatic N) is 2. The summed E-state index contributed by atoms with van der Waals surface area (Å²) in [5.74, 6) is 0.351. The van der Waals surface area contributed by atoms with E-state index in [4.69, 9.17) is 23.1 Å². The van der Waals surface area contributed by atoms with Gasteiger partial charge >= 0.3 is 0 Å². The quantitative estimate of drug-likeness (QED) is 0.245. The van der Waals surface area contributed by atoms with Gasteiger partial charge in [-0.05, 0) is 37.0 Å². The Morgan fingerprint density at radius 1 is 1.62 bits per heavy atom. The van der Waals surface area contributed by atoms with Crippen molar-refractivity contribution in [3.63, 3.8) is 0 Å². The van der Waals surface area contributed by atoms with Crippen LogP contribution in [0.5, 0.6) is 0 Å². The van der Waals surface area contributed by atoms with Crippen molar-refractivity contribution in [1.82, 2.24) is 0 Å². The van der Waals surface area contributed by atoms with Crippen LogP contribution in [0, 0.1) is 0 Å². The van der Waals surface area contributed by atoms with E-state index in [2.05, 4.69) is 16.1 Å². The number of hydrogen-bond acceptors (Lipinski definition) is 4. The summed E-state index contributed by atoms with van der Waals surface area (Å²) in [5, 5.41) is 0.346. The van der Waals surface area contributed by atoms with Crippen molar-refractivity contribution < 1.29 is 0 Å². The van der Waals surface area contributed by atoms with Crippen molar-refractivity contribution in [3.05, 3.63) is 24.0 Å². The standard InChI is InChI=1S/C7H11ClN4S/c1-11-7(12-13-5-8)6(10)3-2-4-9/h2-4H,1,5,9-10H2/b4-2-,6-3-,12-7-. The predicted molar refractivity (Wildman–Crippen MR) is 60.9 cm³/mol. The van der Waals surface area contributed by atoms with Gasteiger partial charge in [-0.1, -0.05) is 0 Å². The molecule has 0 heterocycles. The predicted octanol–water partition coefficient (Wildman–Crippen LogP) is 1.24. The number of allylic oxidation sites excluding steroid dienone is 2. The maximum Gasteiger partial charge on any atom is 0.182 e. The van der Waals surface area contributed by atoms with Gasteiger partial charge in [0.05, 0.1) is 10.9 Å². The van der Waals surface area contributed by atoms with Gasteiger partial charge in [-0.2, -0.15) is 4.40 Å². The summed E-state index contributed by atoms with van der Waals surface area (Å²) in [7, 11) is 0.